The summed E-state index contributed by atoms with van der Waals surface area (Å²) in [4.78, 5) is 36.3. The summed E-state index contributed by atoms with van der Waals surface area (Å²) < 4.78 is 2.03. The lowest BCUT2D eigenvalue weighted by molar-refractivity contribution is -0.384. The summed E-state index contributed by atoms with van der Waals surface area (Å²) in [5.74, 6) is -0.637. The van der Waals surface area contributed by atoms with E-state index in [0.29, 0.717) is 6.54 Å². The van der Waals surface area contributed by atoms with Crippen LogP contribution in [0.4, 0.5) is 5.69 Å². The van der Waals surface area contributed by atoms with Gasteiger partial charge in [0, 0.05) is 41.3 Å². The Morgan fingerprint density at radius 3 is 2.33 bits per heavy atom. The zero-order chi connectivity index (χ0) is 22.7. The van der Waals surface area contributed by atoms with Crippen LogP contribution in [0.25, 0.3) is 10.9 Å². The van der Waals surface area contributed by atoms with Crippen molar-refractivity contribution in [3.05, 3.63) is 88.1 Å². The number of benzene rings is 2. The van der Waals surface area contributed by atoms with Gasteiger partial charge in [0.25, 0.3) is 17.5 Å². The first-order chi connectivity index (χ1) is 16.0. The number of allylic oxidation sites excluding steroid dienone is 2. The van der Waals surface area contributed by atoms with E-state index < -0.39 is 4.92 Å². The van der Waals surface area contributed by atoms with Crippen LogP contribution in [0.3, 0.4) is 0 Å². The molecule has 2 bridgehead atoms. The number of hydrogen-bond donors (Lipinski definition) is 0. The molecule has 2 fully saturated rings. The van der Waals surface area contributed by atoms with Gasteiger partial charge in [-0.2, -0.15) is 10.1 Å². The van der Waals surface area contributed by atoms with Gasteiger partial charge < -0.3 is 4.57 Å². The third-order valence-corrected chi connectivity index (χ3v) is 7.08. The van der Waals surface area contributed by atoms with Crippen LogP contribution in [0, 0.1) is 33.8 Å². The van der Waals surface area contributed by atoms with E-state index >= 15 is 0 Å². The van der Waals surface area contributed by atoms with Crippen LogP contribution in [0.1, 0.15) is 17.5 Å². The smallest absolute Gasteiger partial charge is 0.269 e. The van der Waals surface area contributed by atoms with Gasteiger partial charge in [-0.1, -0.05) is 42.5 Å². The van der Waals surface area contributed by atoms with E-state index in [0.717, 1.165) is 33.5 Å². The van der Waals surface area contributed by atoms with Crippen molar-refractivity contribution in [2.45, 2.75) is 13.0 Å². The number of imide groups is 1. The normalized spacial score (nSPS) is 25.6. The molecule has 0 spiro atoms. The Kier molecular flexibility index (Phi) is 4.29. The maximum Gasteiger partial charge on any atom is 0.269 e. The monoisotopic (exact) mass is 440 g/mol. The third-order valence-electron chi connectivity index (χ3n) is 7.08. The number of carbonyl (C=O) groups is 2. The molecule has 6 rings (SSSR count). The van der Waals surface area contributed by atoms with Crippen LogP contribution >= 0.6 is 0 Å². The van der Waals surface area contributed by atoms with Crippen LogP contribution < -0.4 is 0 Å². The summed E-state index contributed by atoms with van der Waals surface area (Å²) in [5.41, 5.74) is 2.74. The molecular formula is C25H20N4O4. The molecule has 3 aliphatic rings. The fourth-order valence-corrected chi connectivity index (χ4v) is 5.55. The third kappa shape index (κ3) is 3.01. The van der Waals surface area contributed by atoms with Crippen LogP contribution in [-0.4, -0.2) is 32.5 Å². The molecule has 8 heteroatoms. The predicted octanol–water partition coefficient (Wildman–Crippen LogP) is 3.74. The molecule has 8 nitrogen and oxygen atoms in total. The number of para-hydroxylation sites is 1. The number of rotatable bonds is 5. The fourth-order valence-electron chi connectivity index (χ4n) is 5.55. The minimum atomic E-state index is -0.417. The minimum Gasteiger partial charge on any atom is -0.342 e. The summed E-state index contributed by atoms with van der Waals surface area (Å²) in [6.45, 7) is 0.521. The van der Waals surface area contributed by atoms with Crippen molar-refractivity contribution in [1.82, 2.24) is 9.58 Å². The molecule has 1 aliphatic heterocycles. The Morgan fingerprint density at radius 1 is 1.00 bits per heavy atom. The van der Waals surface area contributed by atoms with E-state index in [1.165, 1.54) is 12.1 Å². The Bertz CT molecular complexity index is 1340. The van der Waals surface area contributed by atoms with Gasteiger partial charge in [-0.05, 0) is 29.9 Å². The number of amides is 2. The van der Waals surface area contributed by atoms with Crippen molar-refractivity contribution < 1.29 is 14.5 Å². The van der Waals surface area contributed by atoms with Gasteiger partial charge in [0.15, 0.2) is 0 Å². The van der Waals surface area contributed by atoms with Crippen LogP contribution in [0.2, 0.25) is 0 Å². The standard InChI is InChI=1S/C25H20N4O4/c30-24-22-16-7-8-17(11-16)23(22)25(31)28(24)26-12-18-14-27(21-4-2-1-3-20(18)21)13-15-5-9-19(10-6-15)29(32)33/h1-10,12,14,16-17,22-23H,11,13H2/t16-,17-,22-,23+/m0/s1. The summed E-state index contributed by atoms with van der Waals surface area (Å²) >= 11 is 0. The fraction of sp³-hybridized carbons (Fsp3) is 0.240. The van der Waals surface area contributed by atoms with E-state index in [1.54, 1.807) is 18.3 Å². The second-order valence-corrected chi connectivity index (χ2v) is 8.89. The number of aromatic nitrogens is 1. The Hall–Kier alpha value is -4.07. The van der Waals surface area contributed by atoms with Gasteiger partial charge >= 0.3 is 0 Å². The highest BCUT2D eigenvalue weighted by Gasteiger charge is 2.59. The van der Waals surface area contributed by atoms with Crippen LogP contribution in [0.15, 0.2) is 72.0 Å². The zero-order valence-corrected chi connectivity index (χ0v) is 17.6. The molecule has 0 unspecified atom stereocenters. The number of nitro benzene ring substituents is 1. The molecule has 0 radical (unpaired) electrons. The summed E-state index contributed by atoms with van der Waals surface area (Å²) in [6.07, 6.45) is 8.53. The largest absolute Gasteiger partial charge is 0.342 e. The number of fused-ring (bicyclic) bond motifs is 6. The molecule has 1 aromatic heterocycles. The van der Waals surface area contributed by atoms with Crippen molar-refractivity contribution >= 4 is 34.6 Å². The molecule has 2 aromatic carbocycles. The first-order valence-corrected chi connectivity index (χ1v) is 10.9. The van der Waals surface area contributed by atoms with E-state index in [2.05, 4.69) is 17.3 Å². The van der Waals surface area contributed by atoms with Crippen LogP contribution in [-0.2, 0) is 16.1 Å². The van der Waals surface area contributed by atoms with Gasteiger partial charge in [-0.3, -0.25) is 19.7 Å². The molecule has 1 saturated carbocycles. The quantitative estimate of drug-likeness (QED) is 0.198. The molecule has 164 valence electrons. The lowest BCUT2D eigenvalue weighted by Crippen LogP contribution is -2.28. The lowest BCUT2D eigenvalue weighted by atomic mass is 9.85. The van der Waals surface area contributed by atoms with Crippen molar-refractivity contribution in [2.75, 3.05) is 0 Å². The van der Waals surface area contributed by atoms with Gasteiger partial charge in [0.1, 0.15) is 0 Å². The average molecular weight is 440 g/mol. The molecule has 4 atom stereocenters. The molecule has 3 aromatic rings. The van der Waals surface area contributed by atoms with Crippen molar-refractivity contribution in [3.8, 4) is 0 Å². The van der Waals surface area contributed by atoms with Gasteiger partial charge in [0.05, 0.1) is 23.0 Å². The van der Waals surface area contributed by atoms with Crippen molar-refractivity contribution in [1.29, 1.82) is 0 Å². The highest BCUT2D eigenvalue weighted by Crippen LogP contribution is 2.52. The Morgan fingerprint density at radius 2 is 1.67 bits per heavy atom. The predicted molar refractivity (Wildman–Crippen MR) is 121 cm³/mol. The summed E-state index contributed by atoms with van der Waals surface area (Å²) in [5, 5.41) is 17.2. The van der Waals surface area contributed by atoms with E-state index in [4.69, 9.17) is 0 Å². The molecule has 1 saturated heterocycles. The molecule has 0 N–H and O–H groups in total. The zero-order valence-electron chi connectivity index (χ0n) is 17.6. The van der Waals surface area contributed by atoms with E-state index in [1.807, 2.05) is 35.0 Å². The second-order valence-electron chi connectivity index (χ2n) is 8.89. The summed E-state index contributed by atoms with van der Waals surface area (Å²) in [6, 6.07) is 14.3. The number of nitro groups is 1. The Balaban J connectivity index is 1.29. The minimum absolute atomic E-state index is 0.0530. The topological polar surface area (TPSA) is 97.8 Å². The van der Waals surface area contributed by atoms with Gasteiger partial charge in [-0.15, -0.1) is 0 Å². The molecule has 2 heterocycles. The van der Waals surface area contributed by atoms with Crippen LogP contribution in [0.5, 0.6) is 0 Å². The highest BCUT2D eigenvalue weighted by molar-refractivity contribution is 6.07. The maximum absolute atomic E-state index is 12.9. The van der Waals surface area contributed by atoms with Crippen molar-refractivity contribution in [2.24, 2.45) is 28.8 Å². The molecule has 2 amide bonds. The highest BCUT2D eigenvalue weighted by atomic mass is 16.6. The number of hydrogen-bond acceptors (Lipinski definition) is 5. The van der Waals surface area contributed by atoms with Gasteiger partial charge in [-0.25, -0.2) is 0 Å². The number of hydrazone groups is 1. The average Bonchev–Trinajstić information content (AvgIpc) is 3.57. The lowest BCUT2D eigenvalue weighted by Gasteiger charge is -2.13. The van der Waals surface area contributed by atoms with E-state index in [9.17, 15) is 19.7 Å². The first-order valence-electron chi connectivity index (χ1n) is 10.9. The SMILES string of the molecule is O=C1[C@@H]2[C@H](C(=O)N1N=Cc1cn(Cc3ccc([N+](=O)[O-])cc3)c3ccccc13)[C@H]1C=C[C@H]2C1. The molecular weight excluding hydrogens is 420 g/mol. The Labute approximate surface area is 188 Å². The number of nitrogens with zero attached hydrogens (tertiary/aromatic N) is 4. The second kappa shape index (κ2) is 7.23. The maximum atomic E-state index is 12.9. The number of non-ortho nitro benzene ring substituents is 1. The van der Waals surface area contributed by atoms with Gasteiger partial charge in [0.2, 0.25) is 0 Å². The number of carbonyl (C=O) groups excluding carboxylic acids is 2. The van der Waals surface area contributed by atoms with Crippen molar-refractivity contribution in [3.63, 3.8) is 0 Å². The molecule has 2 aliphatic carbocycles. The summed E-state index contributed by atoms with van der Waals surface area (Å²) in [7, 11) is 0. The first kappa shape index (κ1) is 19.6. The van der Waals surface area contributed by atoms with E-state index in [-0.39, 0.29) is 41.2 Å². The molecule has 33 heavy (non-hydrogen) atoms.